The fourth-order valence-electron chi connectivity index (χ4n) is 2.27. The van der Waals surface area contributed by atoms with Gasteiger partial charge in [0.1, 0.15) is 0 Å². The number of hydrogen-bond acceptors (Lipinski definition) is 2. The summed E-state index contributed by atoms with van der Waals surface area (Å²) < 4.78 is 39.6. The van der Waals surface area contributed by atoms with Crippen molar-refractivity contribution in [2.45, 2.75) is 26.1 Å². The Balaban J connectivity index is 2.51. The highest BCUT2D eigenvalue weighted by Crippen LogP contribution is 2.36. The van der Waals surface area contributed by atoms with Gasteiger partial charge in [0.2, 0.25) is 0 Å². The van der Waals surface area contributed by atoms with Gasteiger partial charge in [0.15, 0.2) is 0 Å². The van der Waals surface area contributed by atoms with Crippen molar-refractivity contribution in [3.05, 3.63) is 65.0 Å². The van der Waals surface area contributed by atoms with Gasteiger partial charge in [-0.25, -0.2) is 0 Å². The van der Waals surface area contributed by atoms with Gasteiger partial charge >= 0.3 is 6.18 Å². The van der Waals surface area contributed by atoms with Gasteiger partial charge in [-0.3, -0.25) is 4.98 Å². The lowest BCUT2D eigenvalue weighted by atomic mass is 9.95. The molecular weight excluding hydrogens is 277 g/mol. The maximum absolute atomic E-state index is 13.2. The van der Waals surface area contributed by atoms with Crippen molar-refractivity contribution >= 4 is 0 Å². The predicted octanol–water partition coefficient (Wildman–Crippen LogP) is 4.11. The van der Waals surface area contributed by atoms with Gasteiger partial charge in [0.25, 0.3) is 0 Å². The van der Waals surface area contributed by atoms with Crippen LogP contribution >= 0.6 is 0 Å². The summed E-state index contributed by atoms with van der Waals surface area (Å²) in [6.07, 6.45) is -2.75. The molecular formula is C16H17F3N2. The molecule has 1 atom stereocenters. The number of alkyl halides is 3. The minimum atomic E-state index is -4.37. The predicted molar refractivity (Wildman–Crippen MR) is 75.9 cm³/mol. The lowest BCUT2D eigenvalue weighted by Gasteiger charge is -2.22. The van der Waals surface area contributed by atoms with E-state index in [0.29, 0.717) is 6.54 Å². The quantitative estimate of drug-likeness (QED) is 0.918. The molecule has 0 radical (unpaired) electrons. The molecule has 1 heterocycles. The zero-order chi connectivity index (χ0) is 15.5. The molecule has 1 aromatic heterocycles. The summed E-state index contributed by atoms with van der Waals surface area (Å²) in [6, 6.07) is 8.73. The average Bonchev–Trinajstić information content (AvgIpc) is 2.45. The van der Waals surface area contributed by atoms with E-state index in [4.69, 9.17) is 0 Å². The number of nitrogens with one attached hydrogen (secondary N) is 1. The molecule has 0 aliphatic carbocycles. The smallest absolute Gasteiger partial charge is 0.306 e. The van der Waals surface area contributed by atoms with E-state index in [-0.39, 0.29) is 5.56 Å². The van der Waals surface area contributed by atoms with E-state index >= 15 is 0 Å². The monoisotopic (exact) mass is 294 g/mol. The van der Waals surface area contributed by atoms with Gasteiger partial charge in [-0.2, -0.15) is 13.2 Å². The SMILES string of the molecule is CCNC(c1ccc(C)nc1)c1ccccc1C(F)(F)F. The molecule has 0 amide bonds. The minimum Gasteiger partial charge on any atom is -0.306 e. The number of aryl methyl sites for hydroxylation is 1. The van der Waals surface area contributed by atoms with Gasteiger partial charge < -0.3 is 5.32 Å². The number of halogens is 3. The van der Waals surface area contributed by atoms with Crippen LogP contribution in [0.15, 0.2) is 42.6 Å². The van der Waals surface area contributed by atoms with Crippen molar-refractivity contribution in [3.8, 4) is 0 Å². The Morgan fingerprint density at radius 3 is 2.43 bits per heavy atom. The molecule has 0 aliphatic rings. The Bertz CT molecular complexity index is 591. The molecule has 2 rings (SSSR count). The number of rotatable bonds is 4. The number of nitrogens with zero attached hydrogens (tertiary/aromatic N) is 1. The summed E-state index contributed by atoms with van der Waals surface area (Å²) in [6.45, 7) is 4.27. The molecule has 1 N–H and O–H groups in total. The molecule has 0 saturated carbocycles. The summed E-state index contributed by atoms with van der Waals surface area (Å²) in [4.78, 5) is 4.18. The van der Waals surface area contributed by atoms with Crippen LogP contribution in [0.1, 0.15) is 35.3 Å². The molecule has 2 nitrogen and oxygen atoms in total. The van der Waals surface area contributed by atoms with Gasteiger partial charge in [0.05, 0.1) is 11.6 Å². The Morgan fingerprint density at radius 2 is 1.86 bits per heavy atom. The van der Waals surface area contributed by atoms with Crippen LogP contribution < -0.4 is 5.32 Å². The van der Waals surface area contributed by atoms with Gasteiger partial charge in [0, 0.05) is 11.9 Å². The Kier molecular flexibility index (Phi) is 4.63. The molecule has 0 fully saturated rings. The zero-order valence-corrected chi connectivity index (χ0v) is 11.9. The van der Waals surface area contributed by atoms with Crippen molar-refractivity contribution in [1.82, 2.24) is 10.3 Å². The van der Waals surface area contributed by atoms with Crippen molar-refractivity contribution in [2.75, 3.05) is 6.54 Å². The van der Waals surface area contributed by atoms with Crippen molar-refractivity contribution in [2.24, 2.45) is 0 Å². The van der Waals surface area contributed by atoms with Gasteiger partial charge in [-0.15, -0.1) is 0 Å². The lowest BCUT2D eigenvalue weighted by Crippen LogP contribution is -2.25. The molecule has 21 heavy (non-hydrogen) atoms. The third-order valence-electron chi connectivity index (χ3n) is 3.25. The molecule has 2 aromatic rings. The second kappa shape index (κ2) is 6.26. The summed E-state index contributed by atoms with van der Waals surface area (Å²) in [5.41, 5.74) is 1.16. The highest BCUT2D eigenvalue weighted by atomic mass is 19.4. The standard InChI is InChI=1S/C16H17F3N2/c1-3-20-15(12-9-8-11(2)21-10-12)13-6-4-5-7-14(13)16(17,18)19/h4-10,15,20H,3H2,1-2H3. The largest absolute Gasteiger partial charge is 0.416 e. The van der Waals surface area contributed by atoms with Crippen LogP contribution in [-0.4, -0.2) is 11.5 Å². The molecule has 5 heteroatoms. The van der Waals surface area contributed by atoms with Crippen molar-refractivity contribution < 1.29 is 13.2 Å². The number of hydrogen-bond donors (Lipinski definition) is 1. The van der Waals surface area contributed by atoms with Crippen molar-refractivity contribution in [3.63, 3.8) is 0 Å². The fraction of sp³-hybridized carbons (Fsp3) is 0.312. The van der Waals surface area contributed by atoms with Crippen LogP contribution in [0.25, 0.3) is 0 Å². The van der Waals surface area contributed by atoms with E-state index in [1.165, 1.54) is 12.1 Å². The van der Waals surface area contributed by atoms with E-state index in [1.54, 1.807) is 18.3 Å². The van der Waals surface area contributed by atoms with E-state index < -0.39 is 17.8 Å². The first-order chi connectivity index (χ1) is 9.93. The first-order valence-electron chi connectivity index (χ1n) is 6.75. The molecule has 112 valence electrons. The van der Waals surface area contributed by atoms with Crippen LogP contribution in [-0.2, 0) is 6.18 Å². The van der Waals surface area contributed by atoms with Crippen LogP contribution in [0.5, 0.6) is 0 Å². The van der Waals surface area contributed by atoms with E-state index in [0.717, 1.165) is 17.3 Å². The number of benzene rings is 1. The second-order valence-corrected chi connectivity index (χ2v) is 4.81. The van der Waals surface area contributed by atoms with Crippen LogP contribution in [0.2, 0.25) is 0 Å². The van der Waals surface area contributed by atoms with Gasteiger partial charge in [-0.1, -0.05) is 31.2 Å². The van der Waals surface area contributed by atoms with E-state index in [2.05, 4.69) is 10.3 Å². The molecule has 1 unspecified atom stereocenters. The summed E-state index contributed by atoms with van der Waals surface area (Å²) in [5.74, 6) is 0. The van der Waals surface area contributed by atoms with E-state index in [9.17, 15) is 13.2 Å². The first kappa shape index (κ1) is 15.5. The first-order valence-corrected chi connectivity index (χ1v) is 6.75. The third-order valence-corrected chi connectivity index (χ3v) is 3.25. The number of aromatic nitrogens is 1. The fourth-order valence-corrected chi connectivity index (χ4v) is 2.27. The molecule has 1 aromatic carbocycles. The number of pyridine rings is 1. The summed E-state index contributed by atoms with van der Waals surface area (Å²) in [5, 5.41) is 3.11. The average molecular weight is 294 g/mol. The maximum Gasteiger partial charge on any atom is 0.416 e. The second-order valence-electron chi connectivity index (χ2n) is 4.81. The molecule has 0 spiro atoms. The Hall–Kier alpha value is -1.88. The highest BCUT2D eigenvalue weighted by molar-refractivity contribution is 5.38. The van der Waals surface area contributed by atoms with Crippen LogP contribution in [0, 0.1) is 6.92 Å². The van der Waals surface area contributed by atoms with E-state index in [1.807, 2.05) is 19.9 Å². The van der Waals surface area contributed by atoms with Crippen LogP contribution in [0.4, 0.5) is 13.2 Å². The Labute approximate surface area is 122 Å². The van der Waals surface area contributed by atoms with Gasteiger partial charge in [-0.05, 0) is 36.7 Å². The van der Waals surface area contributed by atoms with Crippen molar-refractivity contribution in [1.29, 1.82) is 0 Å². The molecule has 0 aliphatic heterocycles. The minimum absolute atomic E-state index is 0.220. The maximum atomic E-state index is 13.2. The third kappa shape index (κ3) is 3.61. The lowest BCUT2D eigenvalue weighted by molar-refractivity contribution is -0.138. The summed E-state index contributed by atoms with van der Waals surface area (Å²) >= 11 is 0. The molecule has 0 bridgehead atoms. The molecule has 0 saturated heterocycles. The highest BCUT2D eigenvalue weighted by Gasteiger charge is 2.35. The normalized spacial score (nSPS) is 13.2. The van der Waals surface area contributed by atoms with Crippen LogP contribution in [0.3, 0.4) is 0 Å². The topological polar surface area (TPSA) is 24.9 Å². The Morgan fingerprint density at radius 1 is 1.14 bits per heavy atom. The summed E-state index contributed by atoms with van der Waals surface area (Å²) in [7, 11) is 0. The zero-order valence-electron chi connectivity index (χ0n) is 11.9.